The predicted octanol–water partition coefficient (Wildman–Crippen LogP) is 21.2. The fourth-order valence-corrected chi connectivity index (χ4v) is 15.0. The first-order chi connectivity index (χ1) is 40.4. The zero-order valence-electron chi connectivity index (χ0n) is 50.0. The Kier molecular flexibility index (Phi) is 13.0. The van der Waals surface area contributed by atoms with E-state index in [0.717, 1.165) is 77.8 Å². The molecule has 0 bridgehead atoms. The number of anilines is 9. The maximum absolute atomic E-state index is 7.14. The van der Waals surface area contributed by atoms with E-state index < -0.39 is 0 Å². The van der Waals surface area contributed by atoms with Gasteiger partial charge in [0.25, 0.3) is 6.71 Å². The Labute approximate surface area is 504 Å². The third kappa shape index (κ3) is 9.23. The highest BCUT2D eigenvalue weighted by Crippen LogP contribution is 2.53. The van der Waals surface area contributed by atoms with Crippen LogP contribution in [-0.2, 0) is 16.2 Å². The number of fused-ring (bicyclic) bond motifs is 9. The van der Waals surface area contributed by atoms with Crippen LogP contribution in [0.15, 0.2) is 233 Å². The first kappa shape index (κ1) is 53.8. The van der Waals surface area contributed by atoms with E-state index in [9.17, 15) is 0 Å². The SMILES string of the molecule is CC(C)c1ccc(Sc2cc3c4c(c2)N(c2cccc5c2oc2ccccc25)c2cc(N(c5ccc(C(C)(C)C)cc5)c5ccccc5-c5ccccc5)ccc2B4c2sc4ccc(C(C)(C)C)cc4c2N3c2ccc(C(C)(C)C)cc2)cc1. The van der Waals surface area contributed by atoms with Gasteiger partial charge in [-0.15, -0.1) is 11.3 Å². The minimum Gasteiger partial charge on any atom is -0.454 e. The van der Waals surface area contributed by atoms with Crippen LogP contribution in [-0.4, -0.2) is 6.71 Å². The van der Waals surface area contributed by atoms with Crippen molar-refractivity contribution < 1.29 is 4.42 Å². The summed E-state index contributed by atoms with van der Waals surface area (Å²) in [5.74, 6) is 0.436. The van der Waals surface area contributed by atoms with Gasteiger partial charge in [-0.2, -0.15) is 0 Å². The smallest absolute Gasteiger partial charge is 0.264 e. The van der Waals surface area contributed by atoms with Gasteiger partial charge in [0.2, 0.25) is 0 Å². The van der Waals surface area contributed by atoms with Gasteiger partial charge in [0.1, 0.15) is 5.58 Å². The largest absolute Gasteiger partial charge is 0.454 e. The lowest BCUT2D eigenvalue weighted by atomic mass is 9.36. The van der Waals surface area contributed by atoms with Crippen molar-refractivity contribution in [2.45, 2.75) is 108 Å². The number of benzene rings is 10. The molecule has 10 aromatic carbocycles. The molecule has 84 heavy (non-hydrogen) atoms. The van der Waals surface area contributed by atoms with Gasteiger partial charge >= 0.3 is 0 Å². The van der Waals surface area contributed by atoms with E-state index in [0.29, 0.717) is 5.92 Å². The highest BCUT2D eigenvalue weighted by Gasteiger charge is 2.46. The van der Waals surface area contributed by atoms with Gasteiger partial charge in [0.15, 0.2) is 5.58 Å². The molecule has 4 heterocycles. The highest BCUT2D eigenvalue weighted by atomic mass is 32.2. The molecule has 0 radical (unpaired) electrons. The molecule has 0 N–H and O–H groups in total. The van der Waals surface area contributed by atoms with Gasteiger partial charge in [-0.25, -0.2) is 0 Å². The number of thiophene rings is 1. The van der Waals surface area contributed by atoms with E-state index >= 15 is 0 Å². The van der Waals surface area contributed by atoms with Crippen LogP contribution in [0.5, 0.6) is 0 Å². The lowest BCUT2D eigenvalue weighted by Gasteiger charge is -2.44. The van der Waals surface area contributed by atoms with Gasteiger partial charge in [-0.05, 0) is 152 Å². The quantitative estimate of drug-likeness (QED) is 0.134. The summed E-state index contributed by atoms with van der Waals surface area (Å²) in [4.78, 5) is 10.0. The van der Waals surface area contributed by atoms with Gasteiger partial charge in [-0.3, -0.25) is 0 Å². The maximum Gasteiger partial charge on any atom is 0.264 e. The van der Waals surface area contributed by atoms with Crippen LogP contribution in [0.25, 0.3) is 43.2 Å². The zero-order valence-corrected chi connectivity index (χ0v) is 51.6. The van der Waals surface area contributed by atoms with E-state index in [1.165, 1.54) is 64.3 Å². The molecule has 0 spiro atoms. The van der Waals surface area contributed by atoms with Crippen molar-refractivity contribution >= 4 is 129 Å². The number of hydrogen-bond acceptors (Lipinski definition) is 6. The summed E-state index contributed by atoms with van der Waals surface area (Å²) < 4.78 is 9.77. The molecule has 2 aliphatic heterocycles. The average Bonchev–Trinajstić information content (AvgIpc) is 1.33. The predicted molar refractivity (Wildman–Crippen MR) is 364 cm³/mol. The summed E-state index contributed by atoms with van der Waals surface area (Å²) >= 11 is 3.79. The Morgan fingerprint density at radius 2 is 1.11 bits per heavy atom. The lowest BCUT2D eigenvalue weighted by molar-refractivity contribution is 0.590. The minimum absolute atomic E-state index is 0.00989. The molecule has 414 valence electrons. The van der Waals surface area contributed by atoms with E-state index in [-0.39, 0.29) is 23.0 Å². The fourth-order valence-electron chi connectivity index (χ4n) is 12.8. The Morgan fingerprint density at radius 1 is 0.488 bits per heavy atom. The van der Waals surface area contributed by atoms with Gasteiger partial charge in [0, 0.05) is 75.1 Å². The van der Waals surface area contributed by atoms with Crippen molar-refractivity contribution in [1.29, 1.82) is 0 Å². The molecule has 0 aliphatic carbocycles. The van der Waals surface area contributed by atoms with Gasteiger partial charge in [0.05, 0.1) is 17.1 Å². The van der Waals surface area contributed by atoms with E-state index in [1.807, 2.05) is 23.1 Å². The summed E-state index contributed by atoms with van der Waals surface area (Å²) in [6.45, 7) is 25.2. The molecule has 0 unspecified atom stereocenters. The van der Waals surface area contributed by atoms with Gasteiger partial charge in [-0.1, -0.05) is 215 Å². The first-order valence-corrected chi connectivity index (χ1v) is 31.3. The molecule has 7 heteroatoms. The average molecular weight is 1130 g/mol. The van der Waals surface area contributed by atoms with E-state index in [2.05, 4.69) is 309 Å². The van der Waals surface area contributed by atoms with Crippen molar-refractivity contribution in [1.82, 2.24) is 0 Å². The Bertz CT molecular complexity index is 4500. The second-order valence-electron chi connectivity index (χ2n) is 26.4. The summed E-state index contributed by atoms with van der Waals surface area (Å²) in [6.07, 6.45) is 0. The Morgan fingerprint density at radius 3 is 1.81 bits per heavy atom. The molecule has 0 amide bonds. The fraction of sp³-hybridized carbons (Fsp3) is 0.195. The summed E-state index contributed by atoms with van der Waals surface area (Å²) in [5.41, 5.74) is 21.8. The molecule has 0 saturated carbocycles. The molecule has 2 aliphatic rings. The van der Waals surface area contributed by atoms with Crippen LogP contribution in [0.4, 0.5) is 51.2 Å². The van der Waals surface area contributed by atoms with Crippen LogP contribution in [0.3, 0.4) is 0 Å². The summed E-state index contributed by atoms with van der Waals surface area (Å²) in [6, 6.07) is 82.3. The standard InChI is InChI=1S/C77H70BN3OS2/c1-48(2)49-28-40-57(41-29-49)83-58-46-67-71-68(47-58)81(65-26-19-24-61-60-23-16-18-27-69(60)82-73(61)65)66-45-56(79(54-35-30-51(31-36-54)75(3,4)5)64-25-17-15-22-59(64)50-20-13-12-14-21-50)39-42-63(66)78(71)74-72(62-44-53(77(9,10)11)34-43-70(62)84-74)80(67)55-37-32-52(33-38-55)76(6,7)8/h12-48H,1-11H3. The number of nitrogens with zero attached hydrogens (tertiary/aromatic N) is 3. The second-order valence-corrected chi connectivity index (χ2v) is 28.6. The number of hydrogen-bond donors (Lipinski definition) is 0. The number of rotatable bonds is 9. The van der Waals surface area contributed by atoms with Crippen molar-refractivity contribution in [2.24, 2.45) is 0 Å². The van der Waals surface area contributed by atoms with Crippen molar-refractivity contribution in [3.05, 3.63) is 241 Å². The van der Waals surface area contributed by atoms with Crippen LogP contribution < -0.4 is 30.4 Å². The topological polar surface area (TPSA) is 22.9 Å². The zero-order chi connectivity index (χ0) is 58.0. The normalized spacial score (nSPS) is 13.3. The minimum atomic E-state index is -0.110. The maximum atomic E-state index is 7.14. The first-order valence-electron chi connectivity index (χ1n) is 29.7. The van der Waals surface area contributed by atoms with Crippen molar-refractivity contribution in [3.8, 4) is 11.1 Å². The van der Waals surface area contributed by atoms with Crippen LogP contribution in [0.1, 0.15) is 104 Å². The Balaban J connectivity index is 1.10. The molecule has 0 saturated heterocycles. The van der Waals surface area contributed by atoms with Crippen LogP contribution in [0, 0.1) is 0 Å². The molecular weight excluding hydrogens is 1060 g/mol. The molecule has 0 atom stereocenters. The molecule has 12 aromatic rings. The number of furan rings is 1. The second kappa shape index (κ2) is 20.2. The molecule has 0 fully saturated rings. The summed E-state index contributed by atoms with van der Waals surface area (Å²) in [5, 5.41) is 3.48. The van der Waals surface area contributed by atoms with E-state index in [1.54, 1.807) is 0 Å². The molecule has 4 nitrogen and oxygen atoms in total. The molecule has 14 rings (SSSR count). The van der Waals surface area contributed by atoms with Crippen molar-refractivity contribution in [3.63, 3.8) is 0 Å². The molecule has 2 aromatic heterocycles. The summed E-state index contributed by atoms with van der Waals surface area (Å²) in [7, 11) is 0. The highest BCUT2D eigenvalue weighted by molar-refractivity contribution is 7.99. The van der Waals surface area contributed by atoms with E-state index in [4.69, 9.17) is 4.42 Å². The third-order valence-corrected chi connectivity index (χ3v) is 19.6. The monoisotopic (exact) mass is 1130 g/mol. The van der Waals surface area contributed by atoms with Crippen LogP contribution >= 0.6 is 23.1 Å². The van der Waals surface area contributed by atoms with Gasteiger partial charge < -0.3 is 19.1 Å². The number of para-hydroxylation sites is 3. The Hall–Kier alpha value is -8.23. The molecular formula is C77H70BN3OS2. The van der Waals surface area contributed by atoms with Crippen LogP contribution in [0.2, 0.25) is 0 Å². The third-order valence-electron chi connectivity index (χ3n) is 17.4. The lowest BCUT2D eigenvalue weighted by Crippen LogP contribution is -2.60. The van der Waals surface area contributed by atoms with Crippen molar-refractivity contribution in [2.75, 3.05) is 14.7 Å².